The molecule has 0 aliphatic heterocycles. The molecule has 0 saturated carbocycles. The summed E-state index contributed by atoms with van der Waals surface area (Å²) < 4.78 is 9.54. The molecule has 0 amide bonds. The molecule has 0 aliphatic carbocycles. The first-order valence-corrected chi connectivity index (χ1v) is 10.3. The number of rotatable bonds is 14. The fourth-order valence-corrected chi connectivity index (χ4v) is 2.12. The van der Waals surface area contributed by atoms with E-state index in [1.165, 1.54) is 44.6 Å². The molecule has 0 rings (SSSR count). The maximum Gasteiger partial charge on any atom is 0.330 e. The average molecular weight is 369 g/mol. The van der Waals surface area contributed by atoms with Crippen LogP contribution in [0.4, 0.5) is 0 Å². The van der Waals surface area contributed by atoms with E-state index in [0.29, 0.717) is 19.6 Å². The normalized spacial score (nSPS) is 10.6. The van der Waals surface area contributed by atoms with Crippen molar-refractivity contribution in [2.75, 3.05) is 13.2 Å². The van der Waals surface area contributed by atoms with Gasteiger partial charge in [-0.3, -0.25) is 4.79 Å². The fraction of sp³-hybridized carbons (Fsp3) is 0.727. The van der Waals surface area contributed by atoms with Gasteiger partial charge in [-0.15, -0.1) is 0 Å². The minimum Gasteiger partial charge on any atom is -0.466 e. The summed E-state index contributed by atoms with van der Waals surface area (Å²) in [6, 6.07) is 0. The van der Waals surface area contributed by atoms with E-state index in [1.54, 1.807) is 13.0 Å². The molecule has 0 aliphatic rings. The Balaban J connectivity index is 0. The summed E-state index contributed by atoms with van der Waals surface area (Å²) in [5, 5.41) is 0. The van der Waals surface area contributed by atoms with Gasteiger partial charge in [-0.05, 0) is 33.1 Å². The Kier molecular flexibility index (Phi) is 24.0. The van der Waals surface area contributed by atoms with E-state index < -0.39 is 0 Å². The van der Waals surface area contributed by atoms with Crippen LogP contribution in [0.1, 0.15) is 91.9 Å². The van der Waals surface area contributed by atoms with Gasteiger partial charge in [0.1, 0.15) is 0 Å². The highest BCUT2D eigenvalue weighted by molar-refractivity contribution is 5.82. The van der Waals surface area contributed by atoms with Crippen LogP contribution >= 0.6 is 0 Å². The highest BCUT2D eigenvalue weighted by Crippen LogP contribution is 2.05. The number of hydrogen-bond donors (Lipinski definition) is 0. The zero-order valence-corrected chi connectivity index (χ0v) is 17.4. The van der Waals surface area contributed by atoms with Crippen molar-refractivity contribution >= 4 is 11.9 Å². The van der Waals surface area contributed by atoms with Gasteiger partial charge in [0.25, 0.3) is 0 Å². The SMILES string of the molecule is CCCCC/C=C\C=C\C(=O)OCC.CCCCCCCC(=O)OCC. The molecule has 0 unspecified atom stereocenters. The lowest BCUT2D eigenvalue weighted by molar-refractivity contribution is -0.143. The third-order valence-corrected chi connectivity index (χ3v) is 3.53. The number of ether oxygens (including phenoxy) is 2. The Morgan fingerprint density at radius 2 is 1.35 bits per heavy atom. The predicted molar refractivity (Wildman–Crippen MR) is 109 cm³/mol. The van der Waals surface area contributed by atoms with Crippen LogP contribution < -0.4 is 0 Å². The van der Waals surface area contributed by atoms with Crippen molar-refractivity contribution in [1.82, 2.24) is 0 Å². The summed E-state index contributed by atoms with van der Waals surface area (Å²) in [5.41, 5.74) is 0. The van der Waals surface area contributed by atoms with Gasteiger partial charge in [-0.25, -0.2) is 4.79 Å². The monoisotopic (exact) mass is 368 g/mol. The summed E-state index contributed by atoms with van der Waals surface area (Å²) in [7, 11) is 0. The van der Waals surface area contributed by atoms with E-state index in [1.807, 2.05) is 13.0 Å². The standard InChI is InChI=1S/C12H20O2.C10H20O2/c1-3-5-6-7-8-9-10-11-12(13)14-4-2;1-3-5-6-7-8-9-10(11)12-4-2/h8-11H,3-7H2,1-2H3;3-9H2,1-2H3/b9-8-,11-10+;. The van der Waals surface area contributed by atoms with Gasteiger partial charge in [0, 0.05) is 12.5 Å². The minimum atomic E-state index is -0.272. The first-order valence-electron chi connectivity index (χ1n) is 10.3. The second kappa shape index (κ2) is 23.4. The van der Waals surface area contributed by atoms with E-state index in [0.717, 1.165) is 19.3 Å². The van der Waals surface area contributed by atoms with Crippen molar-refractivity contribution in [2.45, 2.75) is 91.9 Å². The van der Waals surface area contributed by atoms with Crippen molar-refractivity contribution in [3.8, 4) is 0 Å². The second-order valence-corrected chi connectivity index (χ2v) is 6.00. The lowest BCUT2D eigenvalue weighted by Crippen LogP contribution is -2.02. The molecule has 0 aromatic carbocycles. The highest BCUT2D eigenvalue weighted by Gasteiger charge is 1.99. The molecule has 152 valence electrons. The van der Waals surface area contributed by atoms with Crippen molar-refractivity contribution in [2.24, 2.45) is 0 Å². The number of allylic oxidation sites excluding steroid dienone is 3. The molecule has 0 bridgehead atoms. The van der Waals surface area contributed by atoms with Crippen molar-refractivity contribution in [1.29, 1.82) is 0 Å². The molecule has 0 fully saturated rings. The molecule has 0 saturated heterocycles. The molecular formula is C22H40O4. The Morgan fingerprint density at radius 1 is 0.731 bits per heavy atom. The Labute approximate surface area is 161 Å². The molecule has 0 spiro atoms. The van der Waals surface area contributed by atoms with Crippen molar-refractivity contribution in [3.05, 3.63) is 24.3 Å². The van der Waals surface area contributed by atoms with Crippen LogP contribution in [-0.4, -0.2) is 25.2 Å². The summed E-state index contributed by atoms with van der Waals surface area (Å²) in [6.45, 7) is 8.95. The Bertz CT molecular complexity index is 372. The van der Waals surface area contributed by atoms with E-state index in [9.17, 15) is 9.59 Å². The smallest absolute Gasteiger partial charge is 0.330 e. The van der Waals surface area contributed by atoms with E-state index in [-0.39, 0.29) is 11.9 Å². The average Bonchev–Trinajstić information content (AvgIpc) is 2.62. The summed E-state index contributed by atoms with van der Waals surface area (Å²) in [5.74, 6) is -0.320. The van der Waals surface area contributed by atoms with Gasteiger partial charge in [0.05, 0.1) is 13.2 Å². The van der Waals surface area contributed by atoms with E-state index in [2.05, 4.69) is 19.9 Å². The number of esters is 2. The first-order chi connectivity index (χ1) is 12.6. The topological polar surface area (TPSA) is 52.6 Å². The van der Waals surface area contributed by atoms with Crippen LogP contribution in [0.2, 0.25) is 0 Å². The molecule has 0 aromatic rings. The van der Waals surface area contributed by atoms with Gasteiger partial charge < -0.3 is 9.47 Å². The number of hydrogen-bond acceptors (Lipinski definition) is 4. The van der Waals surface area contributed by atoms with Crippen LogP contribution in [-0.2, 0) is 19.1 Å². The molecule has 0 aromatic heterocycles. The summed E-state index contributed by atoms with van der Waals surface area (Å²) in [6.07, 6.45) is 18.5. The highest BCUT2D eigenvalue weighted by atomic mass is 16.5. The molecule has 0 N–H and O–H groups in total. The molecule has 26 heavy (non-hydrogen) atoms. The maximum atomic E-state index is 10.9. The minimum absolute atomic E-state index is 0.0472. The van der Waals surface area contributed by atoms with E-state index in [4.69, 9.17) is 9.47 Å². The Hall–Kier alpha value is -1.58. The predicted octanol–water partition coefficient (Wildman–Crippen LogP) is 6.15. The number of unbranched alkanes of at least 4 members (excludes halogenated alkanes) is 7. The van der Waals surface area contributed by atoms with Crippen LogP contribution in [0.15, 0.2) is 24.3 Å². The zero-order chi connectivity index (χ0) is 19.9. The van der Waals surface area contributed by atoms with Gasteiger partial charge in [-0.1, -0.05) is 70.6 Å². The van der Waals surface area contributed by atoms with Gasteiger partial charge in [0.2, 0.25) is 0 Å². The number of carbonyl (C=O) groups excluding carboxylic acids is 2. The molecule has 0 atom stereocenters. The quantitative estimate of drug-likeness (QED) is 0.160. The van der Waals surface area contributed by atoms with Gasteiger partial charge >= 0.3 is 11.9 Å². The van der Waals surface area contributed by atoms with Crippen LogP contribution in [0, 0.1) is 0 Å². The maximum absolute atomic E-state index is 10.9. The largest absolute Gasteiger partial charge is 0.466 e. The Morgan fingerprint density at radius 3 is 1.96 bits per heavy atom. The number of carbonyl (C=O) groups is 2. The second-order valence-electron chi connectivity index (χ2n) is 6.00. The third-order valence-electron chi connectivity index (χ3n) is 3.53. The summed E-state index contributed by atoms with van der Waals surface area (Å²) in [4.78, 5) is 21.7. The lowest BCUT2D eigenvalue weighted by Gasteiger charge is -2.00. The molecular weight excluding hydrogens is 328 g/mol. The summed E-state index contributed by atoms with van der Waals surface area (Å²) >= 11 is 0. The van der Waals surface area contributed by atoms with Crippen LogP contribution in [0.5, 0.6) is 0 Å². The third kappa shape index (κ3) is 24.7. The zero-order valence-electron chi connectivity index (χ0n) is 17.4. The lowest BCUT2D eigenvalue weighted by atomic mass is 10.1. The van der Waals surface area contributed by atoms with Crippen LogP contribution in [0.3, 0.4) is 0 Å². The fourth-order valence-electron chi connectivity index (χ4n) is 2.12. The van der Waals surface area contributed by atoms with Crippen molar-refractivity contribution < 1.29 is 19.1 Å². The van der Waals surface area contributed by atoms with Gasteiger partial charge in [0.15, 0.2) is 0 Å². The molecule has 4 heteroatoms. The van der Waals surface area contributed by atoms with Gasteiger partial charge in [-0.2, -0.15) is 0 Å². The molecule has 0 heterocycles. The first kappa shape index (κ1) is 26.6. The molecule has 0 radical (unpaired) electrons. The van der Waals surface area contributed by atoms with Crippen LogP contribution in [0.25, 0.3) is 0 Å². The van der Waals surface area contributed by atoms with E-state index >= 15 is 0 Å². The molecule has 4 nitrogen and oxygen atoms in total. The van der Waals surface area contributed by atoms with Crippen molar-refractivity contribution in [3.63, 3.8) is 0 Å².